The molecule has 0 radical (unpaired) electrons. The second kappa shape index (κ2) is 7.71. The number of fused-ring (bicyclic) bond motifs is 1. The fourth-order valence-corrected chi connectivity index (χ4v) is 3.06. The molecule has 0 fully saturated rings. The van der Waals surface area contributed by atoms with Crippen molar-refractivity contribution in [2.24, 2.45) is 0 Å². The van der Waals surface area contributed by atoms with Crippen LogP contribution in [0.25, 0.3) is 16.8 Å². The van der Waals surface area contributed by atoms with Gasteiger partial charge in [-0.1, -0.05) is 17.7 Å². The van der Waals surface area contributed by atoms with Gasteiger partial charge in [0.05, 0.1) is 5.69 Å². The van der Waals surface area contributed by atoms with E-state index in [2.05, 4.69) is 10.4 Å². The van der Waals surface area contributed by atoms with Gasteiger partial charge in [0.25, 0.3) is 11.5 Å². The predicted octanol–water partition coefficient (Wildman–Crippen LogP) is 3.04. The maximum atomic E-state index is 13.1. The van der Waals surface area contributed by atoms with Crippen LogP contribution < -0.4 is 10.9 Å². The maximum Gasteiger partial charge on any atom is 0.276 e. The second-order valence-electron chi connectivity index (χ2n) is 6.78. The zero-order valence-electron chi connectivity index (χ0n) is 15.8. The van der Waals surface area contributed by atoms with E-state index < -0.39 is 0 Å². The number of nitrogens with one attached hydrogen (secondary N) is 1. The van der Waals surface area contributed by atoms with E-state index in [0.29, 0.717) is 29.9 Å². The van der Waals surface area contributed by atoms with E-state index in [0.717, 1.165) is 11.1 Å². The Morgan fingerprint density at radius 1 is 1.07 bits per heavy atom. The maximum absolute atomic E-state index is 13.1. The van der Waals surface area contributed by atoms with E-state index >= 15 is 0 Å². The summed E-state index contributed by atoms with van der Waals surface area (Å²) in [7, 11) is 0. The summed E-state index contributed by atoms with van der Waals surface area (Å²) in [4.78, 5) is 24.9. The van der Waals surface area contributed by atoms with E-state index in [-0.39, 0.29) is 17.3 Å². The molecule has 29 heavy (non-hydrogen) atoms. The molecule has 0 saturated heterocycles. The molecule has 0 aliphatic carbocycles. The topological polar surface area (TPSA) is 68.4 Å². The van der Waals surface area contributed by atoms with Gasteiger partial charge in [0.15, 0.2) is 0 Å². The zero-order valence-corrected chi connectivity index (χ0v) is 15.8. The lowest BCUT2D eigenvalue weighted by atomic mass is 10.1. The fourth-order valence-electron chi connectivity index (χ4n) is 3.06. The summed E-state index contributed by atoms with van der Waals surface area (Å²) in [6, 6.07) is 14.9. The number of hydrogen-bond acceptors (Lipinski definition) is 3. The average molecular weight is 390 g/mol. The number of hydrogen-bond donors (Lipinski definition) is 1. The van der Waals surface area contributed by atoms with Gasteiger partial charge in [-0.15, -0.1) is 0 Å². The Balaban J connectivity index is 1.49. The van der Waals surface area contributed by atoms with Crippen LogP contribution in [0.2, 0.25) is 0 Å². The largest absolute Gasteiger partial charge is 0.350 e. The van der Waals surface area contributed by atoms with Crippen LogP contribution in [-0.2, 0) is 6.54 Å². The summed E-state index contributed by atoms with van der Waals surface area (Å²) in [6.45, 7) is 2.62. The van der Waals surface area contributed by atoms with Crippen LogP contribution in [0.3, 0.4) is 0 Å². The first-order valence-corrected chi connectivity index (χ1v) is 9.21. The number of nitrogens with zero attached hydrogens (tertiary/aromatic N) is 3. The third-order valence-electron chi connectivity index (χ3n) is 4.70. The Morgan fingerprint density at radius 3 is 2.52 bits per heavy atom. The number of aromatic nitrogens is 3. The highest BCUT2D eigenvalue weighted by Crippen LogP contribution is 2.18. The average Bonchev–Trinajstić information content (AvgIpc) is 3.16. The predicted molar refractivity (Wildman–Crippen MR) is 108 cm³/mol. The molecule has 0 atom stereocenters. The molecule has 1 amide bonds. The monoisotopic (exact) mass is 390 g/mol. The number of halogens is 1. The van der Waals surface area contributed by atoms with E-state index in [9.17, 15) is 14.0 Å². The summed E-state index contributed by atoms with van der Waals surface area (Å²) >= 11 is 0. The van der Waals surface area contributed by atoms with Crippen molar-refractivity contribution in [3.05, 3.63) is 94.3 Å². The molecule has 0 saturated carbocycles. The quantitative estimate of drug-likeness (QED) is 0.570. The van der Waals surface area contributed by atoms with Gasteiger partial charge >= 0.3 is 0 Å². The minimum absolute atomic E-state index is 0.179. The molecule has 4 aromatic rings. The van der Waals surface area contributed by atoms with Crippen LogP contribution in [0.4, 0.5) is 4.39 Å². The molecule has 1 N–H and O–H groups in total. The van der Waals surface area contributed by atoms with Crippen LogP contribution in [0.1, 0.15) is 15.9 Å². The van der Waals surface area contributed by atoms with Gasteiger partial charge in [0, 0.05) is 36.6 Å². The molecule has 2 aromatic carbocycles. The Bertz CT molecular complexity index is 1220. The number of rotatable bonds is 5. The van der Waals surface area contributed by atoms with Crippen molar-refractivity contribution in [3.8, 4) is 11.3 Å². The van der Waals surface area contributed by atoms with E-state index in [1.165, 1.54) is 21.2 Å². The minimum Gasteiger partial charge on any atom is -0.350 e. The molecule has 2 heterocycles. The molecule has 4 rings (SSSR count). The lowest BCUT2D eigenvalue weighted by Gasteiger charge is -2.08. The number of aryl methyl sites for hydroxylation is 1. The fraction of sp³-hybridized carbons (Fsp3) is 0.136. The molecular weight excluding hydrogens is 371 g/mol. The summed E-state index contributed by atoms with van der Waals surface area (Å²) < 4.78 is 16.1. The molecule has 7 heteroatoms. The van der Waals surface area contributed by atoms with Gasteiger partial charge in [0.2, 0.25) is 0 Å². The van der Waals surface area contributed by atoms with Crippen molar-refractivity contribution >= 4 is 11.4 Å². The van der Waals surface area contributed by atoms with Gasteiger partial charge in [-0.2, -0.15) is 5.10 Å². The first-order valence-electron chi connectivity index (χ1n) is 9.21. The smallest absolute Gasteiger partial charge is 0.276 e. The minimum atomic E-state index is -0.326. The normalized spacial score (nSPS) is 11.0. The molecule has 0 bridgehead atoms. The van der Waals surface area contributed by atoms with Crippen molar-refractivity contribution < 1.29 is 9.18 Å². The molecule has 0 aliphatic heterocycles. The number of carbonyl (C=O) groups excluding carboxylic acids is 1. The lowest BCUT2D eigenvalue weighted by Crippen LogP contribution is -2.31. The third-order valence-corrected chi connectivity index (χ3v) is 4.70. The van der Waals surface area contributed by atoms with Crippen molar-refractivity contribution in [1.29, 1.82) is 0 Å². The first kappa shape index (κ1) is 18.6. The molecular formula is C22H19FN4O2. The Morgan fingerprint density at radius 2 is 1.79 bits per heavy atom. The van der Waals surface area contributed by atoms with Crippen molar-refractivity contribution in [3.63, 3.8) is 0 Å². The van der Waals surface area contributed by atoms with Crippen molar-refractivity contribution in [1.82, 2.24) is 19.5 Å². The van der Waals surface area contributed by atoms with Crippen molar-refractivity contribution in [2.75, 3.05) is 6.54 Å². The summed E-state index contributed by atoms with van der Waals surface area (Å²) in [5.41, 5.74) is 3.19. The molecule has 0 unspecified atom stereocenters. The van der Waals surface area contributed by atoms with Crippen molar-refractivity contribution in [2.45, 2.75) is 13.5 Å². The van der Waals surface area contributed by atoms with Gasteiger partial charge in [0.1, 0.15) is 11.3 Å². The summed E-state index contributed by atoms with van der Waals surface area (Å²) in [5.74, 6) is -0.505. The van der Waals surface area contributed by atoms with Gasteiger partial charge in [-0.05, 0) is 49.4 Å². The van der Waals surface area contributed by atoms with Crippen LogP contribution in [-0.4, -0.2) is 26.6 Å². The number of amides is 1. The number of carbonyl (C=O) groups is 1. The molecule has 6 nitrogen and oxygen atoms in total. The zero-order chi connectivity index (χ0) is 20.4. The van der Waals surface area contributed by atoms with E-state index in [1.54, 1.807) is 42.7 Å². The van der Waals surface area contributed by atoms with Gasteiger partial charge in [-0.25, -0.2) is 8.91 Å². The van der Waals surface area contributed by atoms with Crippen LogP contribution in [0, 0.1) is 12.7 Å². The third kappa shape index (κ3) is 3.94. The van der Waals surface area contributed by atoms with Gasteiger partial charge < -0.3 is 9.88 Å². The highest BCUT2D eigenvalue weighted by Gasteiger charge is 2.10. The van der Waals surface area contributed by atoms with Crippen LogP contribution >= 0.6 is 0 Å². The second-order valence-corrected chi connectivity index (χ2v) is 6.78. The first-order chi connectivity index (χ1) is 14.0. The van der Waals surface area contributed by atoms with E-state index in [4.69, 9.17) is 0 Å². The molecule has 2 aromatic heterocycles. The lowest BCUT2D eigenvalue weighted by molar-refractivity contribution is 0.0952. The highest BCUT2D eigenvalue weighted by atomic mass is 19.1. The standard InChI is InChI=1S/C22H19FN4O2/c1-15-2-4-17(5-3-15)21(28)24-10-11-26-12-13-27-20(22(26)29)14-19(25-27)16-6-8-18(23)9-7-16/h2-9,12-14H,10-11H2,1H3,(H,24,28). The van der Waals surface area contributed by atoms with E-state index in [1.807, 2.05) is 19.1 Å². The summed E-state index contributed by atoms with van der Waals surface area (Å²) in [6.07, 6.45) is 3.32. The SMILES string of the molecule is Cc1ccc(C(=O)NCCn2ccn3nc(-c4ccc(F)cc4)cc3c2=O)cc1. The summed E-state index contributed by atoms with van der Waals surface area (Å²) in [5, 5.41) is 7.20. The molecule has 146 valence electrons. The van der Waals surface area contributed by atoms with Gasteiger partial charge in [-0.3, -0.25) is 9.59 Å². The Hall–Kier alpha value is -3.74. The number of benzene rings is 2. The molecule has 0 aliphatic rings. The Kier molecular flexibility index (Phi) is 4.95. The Labute approximate surface area is 166 Å². The van der Waals surface area contributed by atoms with Crippen LogP contribution in [0.5, 0.6) is 0 Å². The highest BCUT2D eigenvalue weighted by molar-refractivity contribution is 5.94. The molecule has 0 spiro atoms. The van der Waals surface area contributed by atoms with Crippen LogP contribution in [0.15, 0.2) is 71.8 Å².